The Morgan fingerprint density at radius 2 is 1.88 bits per heavy atom. The number of sulfonamides is 1. The van der Waals surface area contributed by atoms with Crippen molar-refractivity contribution in [2.45, 2.75) is 11.8 Å². The number of carbonyl (C=O) groups excluding carboxylic acids is 1. The summed E-state index contributed by atoms with van der Waals surface area (Å²) < 4.78 is 26.8. The molecule has 9 heteroatoms. The number of thioether (sulfide) groups is 1. The molecule has 0 unspecified atom stereocenters. The fraction of sp³-hybridized carbons (Fsp3) is 0.333. The average molecular weight is 384 g/mol. The first-order valence-corrected chi connectivity index (χ1v) is 10.9. The van der Waals surface area contributed by atoms with Crippen LogP contribution >= 0.6 is 23.1 Å². The molecule has 3 rings (SSSR count). The maximum Gasteiger partial charge on any atom is 0.243 e. The summed E-state index contributed by atoms with van der Waals surface area (Å²) >= 11 is 3.11. The lowest BCUT2D eigenvalue weighted by Crippen LogP contribution is -2.37. The summed E-state index contributed by atoms with van der Waals surface area (Å²) in [4.78, 5) is 15.7. The molecule has 1 saturated heterocycles. The van der Waals surface area contributed by atoms with Crippen LogP contribution in [0.1, 0.15) is 6.92 Å². The minimum Gasteiger partial charge on any atom is -0.302 e. The van der Waals surface area contributed by atoms with E-state index in [9.17, 15) is 13.2 Å². The van der Waals surface area contributed by atoms with Crippen molar-refractivity contribution in [3.8, 4) is 11.3 Å². The highest BCUT2D eigenvalue weighted by molar-refractivity contribution is 7.99. The molecule has 0 atom stereocenters. The topological polar surface area (TPSA) is 79.4 Å². The second-order valence-electron chi connectivity index (χ2n) is 5.26. The smallest absolute Gasteiger partial charge is 0.243 e. The SMILES string of the molecule is CC(=O)Nc1nc(-c2ccc(S(=O)(=O)N3CCSCC3)cc2)cs1. The molecule has 1 N–H and O–H groups in total. The fourth-order valence-corrected chi connectivity index (χ4v) is 5.69. The number of hydrogen-bond acceptors (Lipinski definition) is 6. The summed E-state index contributed by atoms with van der Waals surface area (Å²) in [6.07, 6.45) is 0. The van der Waals surface area contributed by atoms with Gasteiger partial charge < -0.3 is 5.32 Å². The number of nitrogens with zero attached hydrogens (tertiary/aromatic N) is 2. The van der Waals surface area contributed by atoms with Gasteiger partial charge in [-0.25, -0.2) is 13.4 Å². The molecular formula is C15H17N3O3S3. The Kier molecular flexibility index (Phi) is 5.24. The third-order valence-corrected chi connectivity index (χ3v) is 7.16. The molecule has 2 heterocycles. The number of amides is 1. The van der Waals surface area contributed by atoms with Gasteiger partial charge in [0.2, 0.25) is 15.9 Å². The molecule has 0 radical (unpaired) electrons. The molecule has 0 spiro atoms. The lowest BCUT2D eigenvalue weighted by atomic mass is 10.2. The lowest BCUT2D eigenvalue weighted by molar-refractivity contribution is -0.114. The average Bonchev–Trinajstić information content (AvgIpc) is 3.03. The summed E-state index contributed by atoms with van der Waals surface area (Å²) in [5, 5.41) is 5.00. The normalized spacial score (nSPS) is 16.0. The van der Waals surface area contributed by atoms with Crippen LogP contribution in [0.25, 0.3) is 11.3 Å². The number of thiazole rings is 1. The van der Waals surface area contributed by atoms with E-state index in [4.69, 9.17) is 0 Å². The number of carbonyl (C=O) groups is 1. The molecule has 1 amide bonds. The number of aromatic nitrogens is 1. The van der Waals surface area contributed by atoms with Crippen molar-refractivity contribution in [1.82, 2.24) is 9.29 Å². The highest BCUT2D eigenvalue weighted by atomic mass is 32.2. The van der Waals surface area contributed by atoms with Gasteiger partial charge in [0.05, 0.1) is 10.6 Å². The van der Waals surface area contributed by atoms with Crippen molar-refractivity contribution in [3.05, 3.63) is 29.6 Å². The molecule has 24 heavy (non-hydrogen) atoms. The van der Waals surface area contributed by atoms with E-state index in [0.29, 0.717) is 28.8 Å². The maximum atomic E-state index is 12.6. The van der Waals surface area contributed by atoms with Crippen molar-refractivity contribution >= 4 is 44.2 Å². The van der Waals surface area contributed by atoms with Crippen LogP contribution in [0.3, 0.4) is 0 Å². The van der Waals surface area contributed by atoms with Gasteiger partial charge >= 0.3 is 0 Å². The van der Waals surface area contributed by atoms with Crippen LogP contribution in [0.4, 0.5) is 5.13 Å². The van der Waals surface area contributed by atoms with Crippen molar-refractivity contribution in [2.24, 2.45) is 0 Å². The second kappa shape index (κ2) is 7.22. The van der Waals surface area contributed by atoms with Gasteiger partial charge in [0, 0.05) is 42.5 Å². The molecule has 128 valence electrons. The van der Waals surface area contributed by atoms with E-state index in [1.165, 1.54) is 22.6 Å². The van der Waals surface area contributed by atoms with Gasteiger partial charge in [-0.1, -0.05) is 12.1 Å². The summed E-state index contributed by atoms with van der Waals surface area (Å²) in [7, 11) is -3.43. The summed E-state index contributed by atoms with van der Waals surface area (Å²) in [6, 6.07) is 6.73. The molecule has 0 bridgehead atoms. The largest absolute Gasteiger partial charge is 0.302 e. The van der Waals surface area contributed by atoms with E-state index in [-0.39, 0.29) is 5.91 Å². The summed E-state index contributed by atoms with van der Waals surface area (Å²) in [5.41, 5.74) is 1.53. The fourth-order valence-electron chi connectivity index (χ4n) is 2.35. The lowest BCUT2D eigenvalue weighted by Gasteiger charge is -2.25. The molecule has 1 aromatic carbocycles. The van der Waals surface area contributed by atoms with Gasteiger partial charge in [0.15, 0.2) is 5.13 Å². The van der Waals surface area contributed by atoms with Crippen molar-refractivity contribution in [2.75, 3.05) is 29.9 Å². The molecule has 1 fully saturated rings. The number of hydrogen-bond donors (Lipinski definition) is 1. The highest BCUT2D eigenvalue weighted by Gasteiger charge is 2.26. The standard InChI is InChI=1S/C15H17N3O3S3/c1-11(19)16-15-17-14(10-23-15)12-2-4-13(5-3-12)24(20,21)18-6-8-22-9-7-18/h2-5,10H,6-9H2,1H3,(H,16,17,19). The quantitative estimate of drug-likeness (QED) is 0.878. The zero-order valence-electron chi connectivity index (χ0n) is 13.1. The maximum absolute atomic E-state index is 12.6. The van der Waals surface area contributed by atoms with Crippen LogP contribution in [-0.2, 0) is 14.8 Å². The van der Waals surface area contributed by atoms with Crippen LogP contribution in [0.15, 0.2) is 34.5 Å². The van der Waals surface area contributed by atoms with Crippen LogP contribution in [-0.4, -0.2) is 48.2 Å². The third kappa shape index (κ3) is 3.80. The summed E-state index contributed by atoms with van der Waals surface area (Å²) in [6.45, 7) is 2.54. The van der Waals surface area contributed by atoms with Crippen molar-refractivity contribution in [3.63, 3.8) is 0 Å². The minimum absolute atomic E-state index is 0.169. The zero-order chi connectivity index (χ0) is 17.2. The Hall–Kier alpha value is -1.42. The van der Waals surface area contributed by atoms with E-state index >= 15 is 0 Å². The number of anilines is 1. The van der Waals surface area contributed by atoms with E-state index < -0.39 is 10.0 Å². The molecule has 1 aliphatic heterocycles. The molecule has 0 saturated carbocycles. The zero-order valence-corrected chi connectivity index (χ0v) is 15.5. The third-order valence-electron chi connectivity index (χ3n) is 3.55. The number of nitrogens with one attached hydrogen (secondary N) is 1. The van der Waals surface area contributed by atoms with Crippen LogP contribution < -0.4 is 5.32 Å². The first-order valence-electron chi connectivity index (χ1n) is 7.38. The van der Waals surface area contributed by atoms with Crippen LogP contribution in [0, 0.1) is 0 Å². The molecule has 0 aliphatic carbocycles. The number of benzene rings is 1. The van der Waals surface area contributed by atoms with E-state index in [1.807, 2.05) is 5.38 Å². The molecule has 2 aromatic rings. The Morgan fingerprint density at radius 3 is 2.50 bits per heavy atom. The van der Waals surface area contributed by atoms with Gasteiger partial charge in [0.1, 0.15) is 0 Å². The number of rotatable bonds is 4. The molecule has 1 aromatic heterocycles. The Morgan fingerprint density at radius 1 is 1.21 bits per heavy atom. The Labute approximate surface area is 149 Å². The Bertz CT molecular complexity index is 825. The molecule has 1 aliphatic rings. The van der Waals surface area contributed by atoms with E-state index in [1.54, 1.807) is 36.0 Å². The predicted octanol–water partition coefficient (Wildman–Crippen LogP) is 2.51. The summed E-state index contributed by atoms with van der Waals surface area (Å²) in [5.74, 6) is 1.50. The van der Waals surface area contributed by atoms with Gasteiger partial charge in [-0.05, 0) is 12.1 Å². The van der Waals surface area contributed by atoms with Crippen molar-refractivity contribution < 1.29 is 13.2 Å². The Balaban J connectivity index is 1.80. The van der Waals surface area contributed by atoms with E-state index in [0.717, 1.165) is 17.1 Å². The first kappa shape index (κ1) is 17.4. The van der Waals surface area contributed by atoms with Crippen LogP contribution in [0.5, 0.6) is 0 Å². The monoisotopic (exact) mass is 383 g/mol. The van der Waals surface area contributed by atoms with Gasteiger partial charge in [-0.15, -0.1) is 11.3 Å². The van der Waals surface area contributed by atoms with Gasteiger partial charge in [-0.3, -0.25) is 4.79 Å². The highest BCUT2D eigenvalue weighted by Crippen LogP contribution is 2.27. The molecular weight excluding hydrogens is 366 g/mol. The van der Waals surface area contributed by atoms with Gasteiger partial charge in [-0.2, -0.15) is 16.1 Å². The second-order valence-corrected chi connectivity index (χ2v) is 9.28. The predicted molar refractivity (Wildman–Crippen MR) is 97.9 cm³/mol. The first-order chi connectivity index (χ1) is 11.5. The van der Waals surface area contributed by atoms with Crippen molar-refractivity contribution in [1.29, 1.82) is 0 Å². The minimum atomic E-state index is -3.43. The van der Waals surface area contributed by atoms with E-state index in [2.05, 4.69) is 10.3 Å². The molecule has 6 nitrogen and oxygen atoms in total. The van der Waals surface area contributed by atoms with Crippen LogP contribution in [0.2, 0.25) is 0 Å². The van der Waals surface area contributed by atoms with Gasteiger partial charge in [0.25, 0.3) is 0 Å².